The van der Waals surface area contributed by atoms with Crippen LogP contribution >= 0.6 is 35.7 Å². The second-order valence-electron chi connectivity index (χ2n) is 4.22. The molecule has 0 radical (unpaired) electrons. The highest BCUT2D eigenvalue weighted by Gasteiger charge is 2.09. The van der Waals surface area contributed by atoms with Crippen LogP contribution in [0.2, 0.25) is 0 Å². The molecule has 1 unspecified atom stereocenters. The summed E-state index contributed by atoms with van der Waals surface area (Å²) in [6.07, 6.45) is 3.90. The molecule has 116 valence electrons. The quantitative estimate of drug-likeness (QED) is 0.267. The van der Waals surface area contributed by atoms with E-state index < -0.39 is 9.84 Å². The van der Waals surface area contributed by atoms with Crippen LogP contribution < -0.4 is 10.6 Å². The van der Waals surface area contributed by atoms with E-state index in [1.54, 1.807) is 11.8 Å². The fraction of sp³-hybridized carbons (Fsp3) is 0.909. The Morgan fingerprint density at radius 1 is 1.42 bits per heavy atom. The maximum atomic E-state index is 11.1. The van der Waals surface area contributed by atoms with Crippen molar-refractivity contribution in [2.75, 3.05) is 37.1 Å². The van der Waals surface area contributed by atoms with E-state index in [9.17, 15) is 8.42 Å². The van der Waals surface area contributed by atoms with Gasteiger partial charge in [0.1, 0.15) is 9.84 Å². The molecule has 0 bridgehead atoms. The molecule has 0 spiro atoms. The molecule has 5 nitrogen and oxygen atoms in total. The summed E-state index contributed by atoms with van der Waals surface area (Å²) in [4.78, 5) is 4.41. The SMILES string of the molecule is CCNC(=NCCSC)NC(C)CCS(C)(=O)=O.I. The van der Waals surface area contributed by atoms with Crippen molar-refractivity contribution < 1.29 is 8.42 Å². The molecule has 1 atom stereocenters. The van der Waals surface area contributed by atoms with Gasteiger partial charge in [-0.2, -0.15) is 11.8 Å². The number of hydrogen-bond acceptors (Lipinski definition) is 4. The Hall–Kier alpha value is 0.300. The van der Waals surface area contributed by atoms with Gasteiger partial charge in [0.2, 0.25) is 0 Å². The number of hydrogen-bond donors (Lipinski definition) is 2. The van der Waals surface area contributed by atoms with Crippen molar-refractivity contribution in [2.24, 2.45) is 4.99 Å². The first-order valence-corrected chi connectivity index (χ1v) is 9.56. The molecule has 0 heterocycles. The third-order valence-corrected chi connectivity index (χ3v) is 3.78. The van der Waals surface area contributed by atoms with Crippen LogP contribution in [-0.2, 0) is 9.84 Å². The predicted molar refractivity (Wildman–Crippen MR) is 96.7 cm³/mol. The molecule has 0 amide bonds. The Bertz CT molecular complexity index is 348. The zero-order valence-electron chi connectivity index (χ0n) is 12.1. The van der Waals surface area contributed by atoms with E-state index in [2.05, 4.69) is 15.6 Å². The number of guanidine groups is 1. The van der Waals surface area contributed by atoms with Crippen LogP contribution in [0, 0.1) is 0 Å². The van der Waals surface area contributed by atoms with Crippen molar-refractivity contribution in [3.05, 3.63) is 0 Å². The van der Waals surface area contributed by atoms with Gasteiger partial charge >= 0.3 is 0 Å². The average molecular weight is 423 g/mol. The van der Waals surface area contributed by atoms with Gasteiger partial charge in [-0.15, -0.1) is 24.0 Å². The summed E-state index contributed by atoms with van der Waals surface area (Å²) in [5.41, 5.74) is 0. The highest BCUT2D eigenvalue weighted by atomic mass is 127. The molecular weight excluding hydrogens is 397 g/mol. The lowest BCUT2D eigenvalue weighted by Crippen LogP contribution is -2.43. The smallest absolute Gasteiger partial charge is 0.191 e. The largest absolute Gasteiger partial charge is 0.357 e. The molecule has 8 heteroatoms. The van der Waals surface area contributed by atoms with Crippen molar-refractivity contribution in [3.8, 4) is 0 Å². The minimum absolute atomic E-state index is 0. The molecule has 0 aromatic heterocycles. The van der Waals surface area contributed by atoms with E-state index >= 15 is 0 Å². The fourth-order valence-electron chi connectivity index (χ4n) is 1.27. The van der Waals surface area contributed by atoms with Crippen LogP contribution in [0.15, 0.2) is 4.99 Å². The molecule has 0 aromatic rings. The molecule has 0 saturated carbocycles. The predicted octanol–water partition coefficient (Wildman–Crippen LogP) is 1.35. The summed E-state index contributed by atoms with van der Waals surface area (Å²) in [5.74, 6) is 1.94. The number of sulfone groups is 1. The first-order chi connectivity index (χ1) is 8.39. The third-order valence-electron chi connectivity index (χ3n) is 2.21. The third kappa shape index (κ3) is 14.5. The summed E-state index contributed by atoms with van der Waals surface area (Å²) in [6.45, 7) is 5.53. The van der Waals surface area contributed by atoms with E-state index in [-0.39, 0.29) is 35.8 Å². The van der Waals surface area contributed by atoms with E-state index in [1.807, 2.05) is 20.1 Å². The minimum Gasteiger partial charge on any atom is -0.357 e. The Balaban J connectivity index is 0. The van der Waals surface area contributed by atoms with Crippen molar-refractivity contribution in [1.82, 2.24) is 10.6 Å². The first-order valence-electron chi connectivity index (χ1n) is 6.10. The standard InChI is InChI=1S/C11H25N3O2S2.HI/c1-5-12-11(13-7-8-17-3)14-10(2)6-9-18(4,15)16;/h10H,5-9H2,1-4H3,(H2,12,13,14);1H. The molecular formula is C11H26IN3O2S2. The van der Waals surface area contributed by atoms with Gasteiger partial charge in [-0.25, -0.2) is 8.42 Å². The molecule has 0 rings (SSSR count). The first kappa shape index (κ1) is 21.6. The van der Waals surface area contributed by atoms with Gasteiger partial charge in [0.25, 0.3) is 0 Å². The van der Waals surface area contributed by atoms with Crippen LogP contribution in [0.5, 0.6) is 0 Å². The zero-order valence-corrected chi connectivity index (χ0v) is 16.1. The number of nitrogens with one attached hydrogen (secondary N) is 2. The van der Waals surface area contributed by atoms with Gasteiger partial charge in [-0.3, -0.25) is 4.99 Å². The van der Waals surface area contributed by atoms with Gasteiger partial charge in [0.05, 0.1) is 12.3 Å². The maximum absolute atomic E-state index is 11.1. The van der Waals surface area contributed by atoms with Crippen LogP contribution in [0.3, 0.4) is 0 Å². The van der Waals surface area contributed by atoms with Gasteiger partial charge in [-0.05, 0) is 26.5 Å². The molecule has 0 aliphatic rings. The van der Waals surface area contributed by atoms with E-state index in [0.717, 1.165) is 24.8 Å². The van der Waals surface area contributed by atoms with Crippen molar-refractivity contribution in [2.45, 2.75) is 26.3 Å². The molecule has 0 aliphatic carbocycles. The van der Waals surface area contributed by atoms with Crippen molar-refractivity contribution in [1.29, 1.82) is 0 Å². The monoisotopic (exact) mass is 423 g/mol. The zero-order chi connectivity index (χ0) is 14.0. The molecule has 2 N–H and O–H groups in total. The lowest BCUT2D eigenvalue weighted by molar-refractivity contribution is 0.581. The number of rotatable bonds is 8. The fourth-order valence-corrected chi connectivity index (χ4v) is 2.32. The summed E-state index contributed by atoms with van der Waals surface area (Å²) >= 11 is 1.75. The molecule has 19 heavy (non-hydrogen) atoms. The Morgan fingerprint density at radius 2 is 2.05 bits per heavy atom. The number of thioether (sulfide) groups is 1. The van der Waals surface area contributed by atoms with E-state index in [4.69, 9.17) is 0 Å². The number of aliphatic imine (C=N–C) groups is 1. The van der Waals surface area contributed by atoms with Gasteiger partial charge in [0, 0.05) is 24.6 Å². The Kier molecular flexibility index (Phi) is 13.7. The van der Waals surface area contributed by atoms with E-state index in [1.165, 1.54) is 6.26 Å². The molecule has 0 aromatic carbocycles. The second-order valence-corrected chi connectivity index (χ2v) is 7.46. The second kappa shape index (κ2) is 12.1. The normalized spacial score (nSPS) is 13.6. The topological polar surface area (TPSA) is 70.6 Å². The maximum Gasteiger partial charge on any atom is 0.191 e. The molecule has 0 fully saturated rings. The Morgan fingerprint density at radius 3 is 2.53 bits per heavy atom. The van der Waals surface area contributed by atoms with Crippen LogP contribution in [-0.4, -0.2) is 57.5 Å². The van der Waals surface area contributed by atoms with Gasteiger partial charge < -0.3 is 10.6 Å². The van der Waals surface area contributed by atoms with Crippen molar-refractivity contribution in [3.63, 3.8) is 0 Å². The average Bonchev–Trinajstić information content (AvgIpc) is 2.26. The highest BCUT2D eigenvalue weighted by Crippen LogP contribution is 1.96. The van der Waals surface area contributed by atoms with Crippen LogP contribution in [0.4, 0.5) is 0 Å². The van der Waals surface area contributed by atoms with Crippen LogP contribution in [0.1, 0.15) is 20.3 Å². The van der Waals surface area contributed by atoms with Crippen LogP contribution in [0.25, 0.3) is 0 Å². The number of nitrogens with zero attached hydrogens (tertiary/aromatic N) is 1. The number of halogens is 1. The lowest BCUT2D eigenvalue weighted by atomic mass is 10.3. The summed E-state index contributed by atoms with van der Waals surface area (Å²) in [7, 11) is -2.89. The minimum atomic E-state index is -2.89. The molecule has 0 aliphatic heterocycles. The molecule has 0 saturated heterocycles. The Labute approximate surface area is 138 Å². The van der Waals surface area contributed by atoms with Gasteiger partial charge in [0.15, 0.2) is 5.96 Å². The van der Waals surface area contributed by atoms with Gasteiger partial charge in [-0.1, -0.05) is 0 Å². The highest BCUT2D eigenvalue weighted by molar-refractivity contribution is 14.0. The van der Waals surface area contributed by atoms with Crippen molar-refractivity contribution >= 4 is 51.5 Å². The van der Waals surface area contributed by atoms with E-state index in [0.29, 0.717) is 6.42 Å². The lowest BCUT2D eigenvalue weighted by Gasteiger charge is -2.17. The summed E-state index contributed by atoms with van der Waals surface area (Å²) in [6, 6.07) is 0.0896. The summed E-state index contributed by atoms with van der Waals surface area (Å²) in [5, 5.41) is 6.36. The summed E-state index contributed by atoms with van der Waals surface area (Å²) < 4.78 is 22.2.